The fraction of sp³-hybridized carbons (Fsp3) is 0.0909. The number of benzene rings is 2. The van der Waals surface area contributed by atoms with Crippen molar-refractivity contribution in [2.45, 2.75) is 13.1 Å². The number of hydrogen-bond donors (Lipinski definition) is 1. The van der Waals surface area contributed by atoms with Gasteiger partial charge in [0.25, 0.3) is 0 Å². The highest BCUT2D eigenvalue weighted by atomic mass is 19.1. The van der Waals surface area contributed by atoms with E-state index in [0.29, 0.717) is 13.1 Å². The summed E-state index contributed by atoms with van der Waals surface area (Å²) >= 11 is 0. The van der Waals surface area contributed by atoms with Crippen molar-refractivity contribution in [1.82, 2.24) is 14.7 Å². The molecule has 4 rings (SSSR count). The van der Waals surface area contributed by atoms with E-state index < -0.39 is 0 Å². The van der Waals surface area contributed by atoms with Crippen molar-refractivity contribution < 1.29 is 9.18 Å². The average Bonchev–Trinajstić information content (AvgIpc) is 3.15. The smallest absolute Gasteiger partial charge is 0.322 e. The molecule has 4 aromatic rings. The van der Waals surface area contributed by atoms with Crippen LogP contribution >= 0.6 is 0 Å². The number of pyridine rings is 1. The summed E-state index contributed by atoms with van der Waals surface area (Å²) in [5.41, 5.74) is 3.34. The molecule has 0 aliphatic carbocycles. The van der Waals surface area contributed by atoms with Crippen molar-refractivity contribution in [2.75, 3.05) is 4.90 Å². The maximum atomic E-state index is 13.1. The van der Waals surface area contributed by atoms with Crippen LogP contribution in [0.1, 0.15) is 11.3 Å². The minimum atomic E-state index is -0.298. The van der Waals surface area contributed by atoms with E-state index >= 15 is 0 Å². The topological polar surface area (TPSA) is 49.6 Å². The molecule has 28 heavy (non-hydrogen) atoms. The molecule has 2 aromatic heterocycles. The highest BCUT2D eigenvalue weighted by Gasteiger charge is 2.18. The summed E-state index contributed by atoms with van der Waals surface area (Å²) in [6, 6.07) is 21.1. The van der Waals surface area contributed by atoms with Gasteiger partial charge in [-0.3, -0.25) is 4.90 Å². The molecule has 0 fully saturated rings. The monoisotopic (exact) mass is 374 g/mol. The summed E-state index contributed by atoms with van der Waals surface area (Å²) in [6.45, 7) is 0.681. The molecular weight excluding hydrogens is 355 g/mol. The number of halogens is 1. The maximum absolute atomic E-state index is 13.1. The molecule has 0 saturated carbocycles. The van der Waals surface area contributed by atoms with Crippen molar-refractivity contribution in [1.29, 1.82) is 0 Å². The first-order valence-electron chi connectivity index (χ1n) is 8.96. The van der Waals surface area contributed by atoms with Crippen LogP contribution < -0.4 is 10.2 Å². The standard InChI is InChI=1S/C22H19FN4O/c23-18-11-9-17(10-12-18)14-25-22(28)27(19-6-2-1-3-7-19)16-20-15-24-21-8-4-5-13-26(20)21/h1-13,15H,14,16H2,(H,25,28). The molecule has 0 aliphatic heterocycles. The number of nitrogens with one attached hydrogen (secondary N) is 1. The van der Waals surface area contributed by atoms with Gasteiger partial charge in [-0.1, -0.05) is 36.4 Å². The lowest BCUT2D eigenvalue weighted by atomic mass is 10.2. The number of para-hydroxylation sites is 1. The zero-order valence-corrected chi connectivity index (χ0v) is 15.1. The van der Waals surface area contributed by atoms with Crippen LogP contribution in [0.5, 0.6) is 0 Å². The summed E-state index contributed by atoms with van der Waals surface area (Å²) in [6.07, 6.45) is 3.70. The van der Waals surface area contributed by atoms with Gasteiger partial charge in [0.05, 0.1) is 18.4 Å². The number of carbonyl (C=O) groups excluding carboxylic acids is 1. The number of aromatic nitrogens is 2. The second-order valence-electron chi connectivity index (χ2n) is 6.39. The lowest BCUT2D eigenvalue weighted by Gasteiger charge is -2.23. The lowest BCUT2D eigenvalue weighted by Crippen LogP contribution is -2.39. The third kappa shape index (κ3) is 3.86. The molecule has 0 aliphatic rings. The van der Waals surface area contributed by atoms with E-state index in [-0.39, 0.29) is 11.8 Å². The van der Waals surface area contributed by atoms with Gasteiger partial charge in [-0.05, 0) is 42.0 Å². The van der Waals surface area contributed by atoms with Crippen molar-refractivity contribution >= 4 is 17.4 Å². The molecule has 2 amide bonds. The Balaban J connectivity index is 1.56. The molecule has 140 valence electrons. The Morgan fingerprint density at radius 3 is 2.54 bits per heavy atom. The van der Waals surface area contributed by atoms with Crippen molar-refractivity contribution in [3.05, 3.63) is 102 Å². The highest BCUT2D eigenvalue weighted by molar-refractivity contribution is 5.91. The largest absolute Gasteiger partial charge is 0.334 e. The number of hydrogen-bond acceptors (Lipinski definition) is 2. The third-order valence-electron chi connectivity index (χ3n) is 4.48. The molecule has 2 aromatic carbocycles. The van der Waals surface area contributed by atoms with Crippen LogP contribution in [0.4, 0.5) is 14.9 Å². The van der Waals surface area contributed by atoms with Gasteiger partial charge in [0.1, 0.15) is 11.5 Å². The van der Waals surface area contributed by atoms with Gasteiger partial charge < -0.3 is 9.72 Å². The quantitative estimate of drug-likeness (QED) is 0.563. The first-order chi connectivity index (χ1) is 13.7. The van der Waals surface area contributed by atoms with Crippen molar-refractivity contribution in [2.24, 2.45) is 0 Å². The van der Waals surface area contributed by atoms with Gasteiger partial charge in [0, 0.05) is 18.4 Å². The Morgan fingerprint density at radius 2 is 1.75 bits per heavy atom. The van der Waals surface area contributed by atoms with E-state index in [4.69, 9.17) is 0 Å². The number of rotatable bonds is 5. The van der Waals surface area contributed by atoms with E-state index in [1.165, 1.54) is 12.1 Å². The summed E-state index contributed by atoms with van der Waals surface area (Å²) in [5.74, 6) is -0.298. The lowest BCUT2D eigenvalue weighted by molar-refractivity contribution is 0.245. The fourth-order valence-electron chi connectivity index (χ4n) is 3.03. The second-order valence-corrected chi connectivity index (χ2v) is 6.39. The molecule has 1 N–H and O–H groups in total. The van der Waals surface area contributed by atoms with Crippen LogP contribution in [0, 0.1) is 5.82 Å². The highest BCUT2D eigenvalue weighted by Crippen LogP contribution is 2.18. The van der Waals surface area contributed by atoms with Gasteiger partial charge in [0.2, 0.25) is 0 Å². The van der Waals surface area contributed by atoms with Crippen LogP contribution in [0.25, 0.3) is 5.65 Å². The zero-order chi connectivity index (χ0) is 19.3. The SMILES string of the molecule is O=C(NCc1ccc(F)cc1)N(Cc1cnc2ccccn12)c1ccccc1. The number of anilines is 1. The Hall–Kier alpha value is -3.67. The Labute approximate surface area is 162 Å². The Morgan fingerprint density at radius 1 is 1.00 bits per heavy atom. The molecule has 0 saturated heterocycles. The summed E-state index contributed by atoms with van der Waals surface area (Å²) in [4.78, 5) is 19.0. The summed E-state index contributed by atoms with van der Waals surface area (Å²) in [7, 11) is 0. The predicted octanol–water partition coefficient (Wildman–Crippen LogP) is 4.39. The van der Waals surface area contributed by atoms with Crippen LogP contribution in [-0.2, 0) is 13.1 Å². The van der Waals surface area contributed by atoms with E-state index in [2.05, 4.69) is 10.3 Å². The zero-order valence-electron chi connectivity index (χ0n) is 15.1. The van der Waals surface area contributed by atoms with Crippen LogP contribution in [0.15, 0.2) is 85.2 Å². The normalized spacial score (nSPS) is 10.8. The first-order valence-corrected chi connectivity index (χ1v) is 8.96. The first kappa shape index (κ1) is 17.7. The number of carbonyl (C=O) groups is 1. The number of fused-ring (bicyclic) bond motifs is 1. The Bertz CT molecular complexity index is 1080. The fourth-order valence-corrected chi connectivity index (χ4v) is 3.03. The number of imidazole rings is 1. The van der Waals surface area contributed by atoms with Crippen LogP contribution in [-0.4, -0.2) is 15.4 Å². The van der Waals surface area contributed by atoms with E-state index in [1.807, 2.05) is 59.1 Å². The number of nitrogens with zero attached hydrogens (tertiary/aromatic N) is 3. The minimum Gasteiger partial charge on any atom is -0.334 e. The molecular formula is C22H19FN4O. The van der Waals surface area contributed by atoms with E-state index in [9.17, 15) is 9.18 Å². The van der Waals surface area contributed by atoms with Crippen LogP contribution in [0.2, 0.25) is 0 Å². The van der Waals surface area contributed by atoms with E-state index in [0.717, 1.165) is 22.6 Å². The molecule has 0 atom stereocenters. The summed E-state index contributed by atoms with van der Waals surface area (Å²) in [5, 5.41) is 2.91. The molecule has 0 unspecified atom stereocenters. The Kier molecular flexibility index (Phi) is 5.01. The third-order valence-corrected chi connectivity index (χ3v) is 4.48. The van der Waals surface area contributed by atoms with Gasteiger partial charge in [-0.2, -0.15) is 0 Å². The van der Waals surface area contributed by atoms with Gasteiger partial charge in [-0.15, -0.1) is 0 Å². The van der Waals surface area contributed by atoms with Gasteiger partial charge in [-0.25, -0.2) is 14.2 Å². The molecule has 0 bridgehead atoms. The van der Waals surface area contributed by atoms with Gasteiger partial charge >= 0.3 is 6.03 Å². The average molecular weight is 374 g/mol. The molecule has 2 heterocycles. The molecule has 0 spiro atoms. The molecule has 6 heteroatoms. The van der Waals surface area contributed by atoms with Crippen molar-refractivity contribution in [3.8, 4) is 0 Å². The predicted molar refractivity (Wildman–Crippen MR) is 106 cm³/mol. The van der Waals surface area contributed by atoms with E-state index in [1.54, 1.807) is 23.2 Å². The molecule has 5 nitrogen and oxygen atoms in total. The van der Waals surface area contributed by atoms with Crippen LogP contribution in [0.3, 0.4) is 0 Å². The van der Waals surface area contributed by atoms with Crippen molar-refractivity contribution in [3.63, 3.8) is 0 Å². The summed E-state index contributed by atoms with van der Waals surface area (Å²) < 4.78 is 15.0. The minimum absolute atomic E-state index is 0.235. The number of urea groups is 1. The molecule has 0 radical (unpaired) electrons. The maximum Gasteiger partial charge on any atom is 0.322 e. The second kappa shape index (κ2) is 7.92. The number of amides is 2. The van der Waals surface area contributed by atoms with Gasteiger partial charge in [0.15, 0.2) is 0 Å².